The van der Waals surface area contributed by atoms with E-state index in [1.807, 2.05) is 0 Å². The number of ether oxygens (including phenoxy) is 2. The fourth-order valence-corrected chi connectivity index (χ4v) is 3.82. The molecule has 8 N–H and O–H groups in total. The van der Waals surface area contributed by atoms with Crippen LogP contribution in [0.4, 0.5) is 0 Å². The average Bonchev–Trinajstić information content (AvgIpc) is 2.81. The summed E-state index contributed by atoms with van der Waals surface area (Å²) in [5, 5.41) is 80.3. The predicted molar refractivity (Wildman–Crippen MR) is 117 cm³/mol. The molecular formula is C23H23O12+. The summed E-state index contributed by atoms with van der Waals surface area (Å²) >= 11 is 0. The summed E-state index contributed by atoms with van der Waals surface area (Å²) in [4.78, 5) is 11.9. The highest BCUT2D eigenvalue weighted by Crippen LogP contribution is 2.44. The third-order valence-electron chi connectivity index (χ3n) is 5.67. The second-order valence-corrected chi connectivity index (χ2v) is 8.05. The fourth-order valence-electron chi connectivity index (χ4n) is 3.82. The van der Waals surface area contributed by atoms with Crippen molar-refractivity contribution in [2.75, 3.05) is 6.61 Å². The Morgan fingerprint density at radius 2 is 1.69 bits per heavy atom. The first kappa shape index (κ1) is 24.4. The minimum Gasteiger partial charge on any atom is -0.507 e. The van der Waals surface area contributed by atoms with Gasteiger partial charge in [-0.3, -0.25) is 4.79 Å². The van der Waals surface area contributed by atoms with Crippen molar-refractivity contribution in [1.29, 1.82) is 0 Å². The number of hydrogen-bond donors (Lipinski definition) is 8. The maximum atomic E-state index is 11.9. The molecule has 1 aliphatic heterocycles. The van der Waals surface area contributed by atoms with Gasteiger partial charge in [-0.25, -0.2) is 4.42 Å². The largest absolute Gasteiger partial charge is 0.507 e. The molecule has 0 saturated carbocycles. The molecule has 1 aromatic heterocycles. The van der Waals surface area contributed by atoms with Gasteiger partial charge >= 0.3 is 11.3 Å². The Bertz CT molecular complexity index is 1290. The molecule has 1 aliphatic rings. The summed E-state index contributed by atoms with van der Waals surface area (Å²) in [5.41, 5.74) is -0.313. The minimum absolute atomic E-state index is 0.0701. The number of carbonyl (C=O) groups excluding carboxylic acids is 1. The van der Waals surface area contributed by atoms with Crippen LogP contribution in [0, 0.1) is 0 Å². The molecule has 0 amide bonds. The summed E-state index contributed by atoms with van der Waals surface area (Å²) in [6.07, 6.45) is -8.04. The van der Waals surface area contributed by atoms with Crippen molar-refractivity contribution in [3.63, 3.8) is 0 Å². The molecule has 1 fully saturated rings. The quantitative estimate of drug-likeness (QED) is 0.140. The van der Waals surface area contributed by atoms with Gasteiger partial charge in [0.25, 0.3) is 0 Å². The molecule has 0 radical (unpaired) electrons. The van der Waals surface area contributed by atoms with Crippen LogP contribution in [-0.4, -0.2) is 83.9 Å². The number of carbonyl (C=O) groups is 1. The molecule has 3 aromatic rings. The number of phenolic OH excluding ortho intramolecular Hbond substituents is 4. The van der Waals surface area contributed by atoms with Crippen LogP contribution in [0.5, 0.6) is 28.7 Å². The zero-order valence-electron chi connectivity index (χ0n) is 18.2. The van der Waals surface area contributed by atoms with Crippen LogP contribution < -0.4 is 4.74 Å². The molecule has 12 heteroatoms. The van der Waals surface area contributed by atoms with Gasteiger partial charge in [0.05, 0.1) is 18.2 Å². The highest BCUT2D eigenvalue weighted by molar-refractivity contribution is 6.05. The van der Waals surface area contributed by atoms with Crippen LogP contribution >= 0.6 is 0 Å². The van der Waals surface area contributed by atoms with Crippen molar-refractivity contribution >= 4 is 16.8 Å². The van der Waals surface area contributed by atoms with Crippen molar-refractivity contribution in [2.24, 2.45) is 0 Å². The van der Waals surface area contributed by atoms with Crippen molar-refractivity contribution in [3.8, 4) is 40.1 Å². The van der Waals surface area contributed by atoms with E-state index in [0.717, 1.165) is 25.1 Å². The zero-order chi connectivity index (χ0) is 25.6. The standard InChI is InChI=1S/C23H22O12/c1-8(25)17-13(28)6-14-10(18(17)29)5-15(22(33-14)9-2-3-11(26)12(27)4-9)34-23-21(32)20(31)19(30)16(7-24)35-23/h2-6,16,19-21,23-24,30-32H,7H2,1H3,(H3-,25,26,27,28,29)/p+1/t16-,19-,20+,21-,23-/m0/s1. The number of aliphatic hydroxyl groups excluding tert-OH is 4. The maximum absolute atomic E-state index is 11.9. The first-order valence-corrected chi connectivity index (χ1v) is 10.4. The molecule has 12 nitrogen and oxygen atoms in total. The monoisotopic (exact) mass is 491 g/mol. The van der Waals surface area contributed by atoms with Gasteiger partial charge in [0.2, 0.25) is 12.0 Å². The second-order valence-electron chi connectivity index (χ2n) is 8.05. The van der Waals surface area contributed by atoms with E-state index in [1.54, 1.807) is 0 Å². The lowest BCUT2D eigenvalue weighted by Gasteiger charge is -2.39. The lowest BCUT2D eigenvalue weighted by molar-refractivity contribution is -0.277. The van der Waals surface area contributed by atoms with E-state index in [-0.39, 0.29) is 33.6 Å². The van der Waals surface area contributed by atoms with E-state index in [9.17, 15) is 45.6 Å². The van der Waals surface area contributed by atoms with Crippen molar-refractivity contribution in [1.82, 2.24) is 0 Å². The Hall–Kier alpha value is -3.68. The van der Waals surface area contributed by atoms with Crippen LogP contribution in [0.25, 0.3) is 22.3 Å². The molecule has 4 rings (SSSR count). The van der Waals surface area contributed by atoms with Crippen molar-refractivity contribution < 1.29 is 59.5 Å². The Morgan fingerprint density at radius 3 is 2.31 bits per heavy atom. The Kier molecular flexibility index (Phi) is 6.40. The number of ketones is 1. The van der Waals surface area contributed by atoms with Gasteiger partial charge in [0, 0.05) is 12.1 Å². The van der Waals surface area contributed by atoms with Crippen LogP contribution in [0.2, 0.25) is 0 Å². The van der Waals surface area contributed by atoms with Gasteiger partial charge < -0.3 is 50.3 Å². The van der Waals surface area contributed by atoms with Gasteiger partial charge in [-0.05, 0) is 19.1 Å². The fraction of sp³-hybridized carbons (Fsp3) is 0.304. The lowest BCUT2D eigenvalue weighted by Crippen LogP contribution is -2.60. The normalized spacial score (nSPS) is 24.4. The maximum Gasteiger partial charge on any atom is 0.402 e. The molecule has 0 aliphatic carbocycles. The van der Waals surface area contributed by atoms with Crippen LogP contribution in [0.3, 0.4) is 0 Å². The number of benzene rings is 2. The minimum atomic E-state index is -1.77. The van der Waals surface area contributed by atoms with Crippen molar-refractivity contribution in [2.45, 2.75) is 37.6 Å². The summed E-state index contributed by atoms with van der Waals surface area (Å²) in [7, 11) is 0. The smallest absolute Gasteiger partial charge is 0.402 e. The number of hydrogen-bond acceptors (Lipinski definition) is 11. The van der Waals surface area contributed by atoms with Crippen LogP contribution in [0.1, 0.15) is 17.3 Å². The number of fused-ring (bicyclic) bond motifs is 1. The Balaban J connectivity index is 1.90. The van der Waals surface area contributed by atoms with E-state index in [4.69, 9.17) is 13.9 Å². The number of phenols is 4. The molecule has 0 spiro atoms. The number of aliphatic hydroxyl groups is 4. The molecule has 186 valence electrons. The number of rotatable bonds is 5. The third-order valence-corrected chi connectivity index (χ3v) is 5.67. The van der Waals surface area contributed by atoms with Gasteiger partial charge in [-0.15, -0.1) is 0 Å². The second kappa shape index (κ2) is 9.17. The molecule has 0 bridgehead atoms. The molecule has 0 unspecified atom stereocenters. The Morgan fingerprint density at radius 1 is 0.971 bits per heavy atom. The first-order chi connectivity index (χ1) is 16.5. The zero-order valence-corrected chi connectivity index (χ0v) is 18.2. The van der Waals surface area contributed by atoms with E-state index in [2.05, 4.69) is 0 Å². The molecule has 2 heterocycles. The molecule has 35 heavy (non-hydrogen) atoms. The van der Waals surface area contributed by atoms with Crippen LogP contribution in [0.15, 0.2) is 34.7 Å². The summed E-state index contributed by atoms with van der Waals surface area (Å²) in [6, 6.07) is 5.94. The van der Waals surface area contributed by atoms with Gasteiger partial charge in [0.1, 0.15) is 46.9 Å². The third kappa shape index (κ3) is 4.29. The van der Waals surface area contributed by atoms with Gasteiger partial charge in [0.15, 0.2) is 17.3 Å². The summed E-state index contributed by atoms with van der Waals surface area (Å²) in [5.74, 6) is -3.07. The predicted octanol–water partition coefficient (Wildman–Crippen LogP) is 0.585. The molecule has 2 aromatic carbocycles. The van der Waals surface area contributed by atoms with Crippen LogP contribution in [-0.2, 0) is 4.74 Å². The summed E-state index contributed by atoms with van der Waals surface area (Å²) in [6.45, 7) is 0.435. The molecule has 5 atom stereocenters. The van der Waals surface area contributed by atoms with E-state index >= 15 is 0 Å². The van der Waals surface area contributed by atoms with E-state index in [0.29, 0.717) is 0 Å². The average molecular weight is 491 g/mol. The molecule has 1 saturated heterocycles. The molecular weight excluding hydrogens is 468 g/mol. The first-order valence-electron chi connectivity index (χ1n) is 10.4. The van der Waals surface area contributed by atoms with Gasteiger partial charge in [-0.1, -0.05) is 0 Å². The van der Waals surface area contributed by atoms with Crippen molar-refractivity contribution in [3.05, 3.63) is 35.9 Å². The SMILES string of the molecule is CC(=O)c1c(O)cc2[o+]c(-c3ccc(O)c(O)c3)c(O[C@H]3O[C@@H](CO)[C@H](O)[C@@H](O)[C@@H]3O)cc2c1O. The highest BCUT2D eigenvalue weighted by atomic mass is 16.7. The van der Waals surface area contributed by atoms with E-state index < -0.39 is 66.1 Å². The van der Waals surface area contributed by atoms with Gasteiger partial charge in [-0.2, -0.15) is 0 Å². The van der Waals surface area contributed by atoms with E-state index in [1.165, 1.54) is 12.1 Å². The number of Topliss-reactive ketones (excluding diaryl/α,β-unsaturated/α-hetero) is 1. The highest BCUT2D eigenvalue weighted by Gasteiger charge is 2.45. The summed E-state index contributed by atoms with van der Waals surface area (Å²) < 4.78 is 16.9. The lowest BCUT2D eigenvalue weighted by atomic mass is 9.99. The Labute approximate surface area is 197 Å². The topological polar surface area (TPSA) is 209 Å². The number of aromatic hydroxyl groups is 4.